The molecule has 1 aromatic rings. The molecule has 1 heterocycles. The summed E-state index contributed by atoms with van der Waals surface area (Å²) in [5.41, 5.74) is 1.94. The molecular formula is C12H17FN2. The molecule has 0 unspecified atom stereocenters. The van der Waals surface area contributed by atoms with E-state index in [2.05, 4.69) is 24.5 Å². The van der Waals surface area contributed by atoms with Crippen molar-refractivity contribution in [2.24, 2.45) is 0 Å². The van der Waals surface area contributed by atoms with Crippen LogP contribution in [0.2, 0.25) is 0 Å². The van der Waals surface area contributed by atoms with Gasteiger partial charge in [0.2, 0.25) is 0 Å². The maximum atomic E-state index is 13.1. The van der Waals surface area contributed by atoms with Gasteiger partial charge in [0, 0.05) is 6.54 Å². The highest BCUT2D eigenvalue weighted by Crippen LogP contribution is 2.33. The Morgan fingerprint density at radius 1 is 1.27 bits per heavy atom. The van der Waals surface area contributed by atoms with Gasteiger partial charge in [-0.2, -0.15) is 0 Å². The van der Waals surface area contributed by atoms with Crippen LogP contribution >= 0.6 is 0 Å². The van der Waals surface area contributed by atoms with Crippen molar-refractivity contribution in [2.75, 3.05) is 17.2 Å². The summed E-state index contributed by atoms with van der Waals surface area (Å²) in [4.78, 5) is 0. The maximum absolute atomic E-state index is 13.1. The number of halogens is 1. The first-order valence-corrected chi connectivity index (χ1v) is 5.51. The van der Waals surface area contributed by atoms with E-state index in [-0.39, 0.29) is 11.4 Å². The molecule has 1 aliphatic heterocycles. The lowest BCUT2D eigenvalue weighted by atomic mass is 9.90. The zero-order chi connectivity index (χ0) is 10.9. The Hall–Kier alpha value is -1.25. The Bertz CT molecular complexity index is 359. The molecule has 0 aromatic heterocycles. The van der Waals surface area contributed by atoms with Crippen molar-refractivity contribution in [1.29, 1.82) is 0 Å². The Balaban J connectivity index is 2.32. The molecule has 1 aliphatic rings. The third-order valence-corrected chi connectivity index (χ3v) is 3.35. The van der Waals surface area contributed by atoms with Crippen LogP contribution < -0.4 is 10.6 Å². The van der Waals surface area contributed by atoms with E-state index >= 15 is 0 Å². The summed E-state index contributed by atoms with van der Waals surface area (Å²) in [5, 5.41) is 6.80. The second kappa shape index (κ2) is 3.72. The average molecular weight is 208 g/mol. The second-order valence-corrected chi connectivity index (χ2v) is 4.16. The van der Waals surface area contributed by atoms with Crippen molar-refractivity contribution in [3.05, 3.63) is 24.0 Å². The number of fused-ring (bicyclic) bond motifs is 1. The van der Waals surface area contributed by atoms with Gasteiger partial charge in [-0.15, -0.1) is 0 Å². The van der Waals surface area contributed by atoms with Crippen LogP contribution in [0.3, 0.4) is 0 Å². The smallest absolute Gasteiger partial charge is 0.125 e. The van der Waals surface area contributed by atoms with E-state index in [0.29, 0.717) is 0 Å². The Morgan fingerprint density at radius 3 is 2.67 bits per heavy atom. The van der Waals surface area contributed by atoms with E-state index in [1.165, 1.54) is 6.07 Å². The topological polar surface area (TPSA) is 24.1 Å². The molecule has 0 bridgehead atoms. The molecule has 0 spiro atoms. The van der Waals surface area contributed by atoms with E-state index in [4.69, 9.17) is 0 Å². The van der Waals surface area contributed by atoms with Gasteiger partial charge >= 0.3 is 0 Å². The minimum absolute atomic E-state index is 0.0702. The fourth-order valence-corrected chi connectivity index (χ4v) is 2.05. The van der Waals surface area contributed by atoms with Gasteiger partial charge in [-0.05, 0) is 31.0 Å². The van der Waals surface area contributed by atoms with Crippen molar-refractivity contribution >= 4 is 11.4 Å². The molecule has 2 N–H and O–H groups in total. The van der Waals surface area contributed by atoms with Crippen LogP contribution in [0.5, 0.6) is 0 Å². The van der Waals surface area contributed by atoms with E-state index < -0.39 is 0 Å². The van der Waals surface area contributed by atoms with E-state index in [1.54, 1.807) is 12.1 Å². The molecule has 3 heteroatoms. The van der Waals surface area contributed by atoms with Crippen LogP contribution in [0.25, 0.3) is 0 Å². The average Bonchev–Trinajstić information content (AvgIpc) is 2.28. The highest BCUT2D eigenvalue weighted by atomic mass is 19.1. The molecular weight excluding hydrogens is 191 g/mol. The SMILES string of the molecule is CCC1(CC)CNc2ccc(F)cc2N1. The van der Waals surface area contributed by atoms with Crippen molar-refractivity contribution in [3.63, 3.8) is 0 Å². The molecule has 2 nitrogen and oxygen atoms in total. The summed E-state index contributed by atoms with van der Waals surface area (Å²) in [6, 6.07) is 4.83. The van der Waals surface area contributed by atoms with Gasteiger partial charge < -0.3 is 10.6 Å². The third-order valence-electron chi connectivity index (χ3n) is 3.35. The van der Waals surface area contributed by atoms with Crippen LogP contribution in [0.15, 0.2) is 18.2 Å². The summed E-state index contributed by atoms with van der Waals surface area (Å²) in [6.07, 6.45) is 2.07. The van der Waals surface area contributed by atoms with Crippen molar-refractivity contribution < 1.29 is 4.39 Å². The lowest BCUT2D eigenvalue weighted by Crippen LogP contribution is -2.46. The number of hydrogen-bond acceptors (Lipinski definition) is 2. The summed E-state index contributed by atoms with van der Waals surface area (Å²) in [6.45, 7) is 5.21. The number of rotatable bonds is 2. The summed E-state index contributed by atoms with van der Waals surface area (Å²) in [7, 11) is 0. The Labute approximate surface area is 89.9 Å². The largest absolute Gasteiger partial charge is 0.381 e. The van der Waals surface area contributed by atoms with E-state index in [1.807, 2.05) is 0 Å². The van der Waals surface area contributed by atoms with Crippen molar-refractivity contribution in [2.45, 2.75) is 32.2 Å². The van der Waals surface area contributed by atoms with Gasteiger partial charge in [0.1, 0.15) is 5.82 Å². The monoisotopic (exact) mass is 208 g/mol. The van der Waals surface area contributed by atoms with Gasteiger partial charge in [0.25, 0.3) is 0 Å². The number of hydrogen-bond donors (Lipinski definition) is 2. The second-order valence-electron chi connectivity index (χ2n) is 4.16. The number of nitrogens with one attached hydrogen (secondary N) is 2. The molecule has 0 saturated carbocycles. The third kappa shape index (κ3) is 1.78. The van der Waals surface area contributed by atoms with Crippen LogP contribution in [0.4, 0.5) is 15.8 Å². The summed E-state index contributed by atoms with van der Waals surface area (Å²) < 4.78 is 13.1. The molecule has 15 heavy (non-hydrogen) atoms. The molecule has 0 fully saturated rings. The predicted octanol–water partition coefficient (Wildman–Crippen LogP) is 3.22. The minimum Gasteiger partial charge on any atom is -0.381 e. The molecule has 1 aromatic carbocycles. The number of anilines is 2. The zero-order valence-corrected chi connectivity index (χ0v) is 9.23. The quantitative estimate of drug-likeness (QED) is 0.779. The molecule has 0 radical (unpaired) electrons. The standard InChI is InChI=1S/C12H17FN2/c1-3-12(4-2)8-14-10-6-5-9(13)7-11(10)15-12/h5-7,14-15H,3-4,8H2,1-2H3. The highest BCUT2D eigenvalue weighted by molar-refractivity contribution is 5.72. The molecule has 0 atom stereocenters. The molecule has 2 rings (SSSR count). The van der Waals surface area contributed by atoms with Crippen LogP contribution in [0, 0.1) is 5.82 Å². The van der Waals surface area contributed by atoms with Crippen molar-refractivity contribution in [3.8, 4) is 0 Å². The fraction of sp³-hybridized carbons (Fsp3) is 0.500. The molecule has 82 valence electrons. The zero-order valence-electron chi connectivity index (χ0n) is 9.23. The number of benzene rings is 1. The van der Waals surface area contributed by atoms with Crippen LogP contribution in [-0.4, -0.2) is 12.1 Å². The molecule has 0 saturated heterocycles. The fourth-order valence-electron chi connectivity index (χ4n) is 2.05. The predicted molar refractivity (Wildman–Crippen MR) is 61.8 cm³/mol. The van der Waals surface area contributed by atoms with E-state index in [0.717, 1.165) is 30.8 Å². The lowest BCUT2D eigenvalue weighted by Gasteiger charge is -2.39. The minimum atomic E-state index is -0.189. The Kier molecular flexibility index (Phi) is 2.55. The van der Waals surface area contributed by atoms with Gasteiger partial charge in [0.05, 0.1) is 16.9 Å². The van der Waals surface area contributed by atoms with Crippen LogP contribution in [0.1, 0.15) is 26.7 Å². The summed E-state index contributed by atoms with van der Waals surface area (Å²) in [5.74, 6) is -0.189. The van der Waals surface area contributed by atoms with E-state index in [9.17, 15) is 4.39 Å². The first kappa shape index (κ1) is 10.3. The maximum Gasteiger partial charge on any atom is 0.125 e. The van der Waals surface area contributed by atoms with Gasteiger partial charge in [-0.1, -0.05) is 13.8 Å². The van der Waals surface area contributed by atoms with Gasteiger partial charge in [-0.3, -0.25) is 0 Å². The Morgan fingerprint density at radius 2 is 2.00 bits per heavy atom. The van der Waals surface area contributed by atoms with Gasteiger partial charge in [0.15, 0.2) is 0 Å². The van der Waals surface area contributed by atoms with Crippen LogP contribution in [-0.2, 0) is 0 Å². The summed E-state index contributed by atoms with van der Waals surface area (Å²) >= 11 is 0. The first-order chi connectivity index (χ1) is 7.19. The normalized spacial score (nSPS) is 17.5. The molecule has 0 amide bonds. The van der Waals surface area contributed by atoms with Gasteiger partial charge in [-0.25, -0.2) is 4.39 Å². The molecule has 0 aliphatic carbocycles. The van der Waals surface area contributed by atoms with Crippen molar-refractivity contribution in [1.82, 2.24) is 0 Å². The lowest BCUT2D eigenvalue weighted by molar-refractivity contribution is 0.451. The first-order valence-electron chi connectivity index (χ1n) is 5.51. The highest BCUT2D eigenvalue weighted by Gasteiger charge is 2.30.